The number of amides is 2. The van der Waals surface area contributed by atoms with E-state index in [9.17, 15) is 9.59 Å². The van der Waals surface area contributed by atoms with Crippen LogP contribution >= 0.6 is 0 Å². The molecule has 2 saturated heterocycles. The maximum absolute atomic E-state index is 12.4. The fraction of sp³-hybridized carbons (Fsp3) is 0.867. The minimum Gasteiger partial charge on any atom is -0.312 e. The first-order valence-electron chi connectivity index (χ1n) is 7.79. The van der Waals surface area contributed by atoms with Gasteiger partial charge < -0.3 is 5.32 Å². The first-order chi connectivity index (χ1) is 9.20. The largest absolute Gasteiger partial charge is 0.312 e. The normalized spacial score (nSPS) is 38.9. The summed E-state index contributed by atoms with van der Waals surface area (Å²) in [6.07, 6.45) is 6.46. The van der Waals surface area contributed by atoms with Crippen LogP contribution in [0.25, 0.3) is 0 Å². The second-order valence-corrected chi connectivity index (χ2v) is 6.39. The molecule has 3 unspecified atom stereocenters. The molecule has 0 bridgehead atoms. The summed E-state index contributed by atoms with van der Waals surface area (Å²) in [4.78, 5) is 26.4. The van der Waals surface area contributed by atoms with Gasteiger partial charge in [-0.3, -0.25) is 14.5 Å². The molecule has 2 amide bonds. The van der Waals surface area contributed by atoms with Crippen molar-refractivity contribution in [1.29, 1.82) is 0 Å². The van der Waals surface area contributed by atoms with Crippen LogP contribution in [0.3, 0.4) is 0 Å². The predicted octanol–water partition coefficient (Wildman–Crippen LogP) is 1.55. The van der Waals surface area contributed by atoms with Crippen LogP contribution in [0, 0.1) is 17.8 Å². The van der Waals surface area contributed by atoms with Crippen molar-refractivity contribution in [3.8, 4) is 0 Å². The highest BCUT2D eigenvalue weighted by Gasteiger charge is 2.52. The molecule has 0 aromatic carbocycles. The van der Waals surface area contributed by atoms with Gasteiger partial charge in [0.25, 0.3) is 0 Å². The minimum absolute atomic E-state index is 0.000963. The molecule has 1 saturated carbocycles. The quantitative estimate of drug-likeness (QED) is 0.787. The average molecular weight is 264 g/mol. The number of nitrogens with one attached hydrogen (secondary N) is 1. The number of carbonyl (C=O) groups is 2. The molecule has 0 radical (unpaired) electrons. The van der Waals surface area contributed by atoms with Gasteiger partial charge in [-0.05, 0) is 38.1 Å². The lowest BCUT2D eigenvalue weighted by Crippen LogP contribution is -2.46. The Morgan fingerprint density at radius 2 is 1.84 bits per heavy atom. The second-order valence-electron chi connectivity index (χ2n) is 6.39. The maximum atomic E-state index is 12.4. The summed E-state index contributed by atoms with van der Waals surface area (Å²) >= 11 is 0. The van der Waals surface area contributed by atoms with E-state index in [-0.39, 0.29) is 23.7 Å². The Balaban J connectivity index is 1.65. The van der Waals surface area contributed by atoms with E-state index in [1.54, 1.807) is 4.90 Å². The molecule has 4 nitrogen and oxygen atoms in total. The first kappa shape index (κ1) is 13.1. The van der Waals surface area contributed by atoms with Crippen LogP contribution in [0.4, 0.5) is 0 Å². The van der Waals surface area contributed by atoms with E-state index in [0.717, 1.165) is 32.2 Å². The number of hydrogen-bond acceptors (Lipinski definition) is 3. The zero-order chi connectivity index (χ0) is 13.4. The highest BCUT2D eigenvalue weighted by Crippen LogP contribution is 2.44. The Kier molecular flexibility index (Phi) is 3.61. The summed E-state index contributed by atoms with van der Waals surface area (Å²) < 4.78 is 0. The van der Waals surface area contributed by atoms with Crippen molar-refractivity contribution in [2.45, 2.75) is 51.5 Å². The highest BCUT2D eigenvalue weighted by molar-refractivity contribution is 6.05. The van der Waals surface area contributed by atoms with Gasteiger partial charge in [0.2, 0.25) is 11.8 Å². The third-order valence-corrected chi connectivity index (χ3v) is 5.22. The van der Waals surface area contributed by atoms with Crippen LogP contribution in [0.1, 0.15) is 45.4 Å². The molecule has 0 aromatic rings. The predicted molar refractivity (Wildman–Crippen MR) is 72.4 cm³/mol. The van der Waals surface area contributed by atoms with E-state index < -0.39 is 0 Å². The number of hydrogen-bond donors (Lipinski definition) is 1. The Labute approximate surface area is 114 Å². The molecule has 4 heteroatoms. The number of nitrogens with zero attached hydrogens (tertiary/aromatic N) is 1. The van der Waals surface area contributed by atoms with Gasteiger partial charge in [-0.1, -0.05) is 19.8 Å². The van der Waals surface area contributed by atoms with Crippen LogP contribution in [0.2, 0.25) is 0 Å². The first-order valence-corrected chi connectivity index (χ1v) is 7.79. The zero-order valence-electron chi connectivity index (χ0n) is 11.7. The molecule has 3 fully saturated rings. The third kappa shape index (κ3) is 2.31. The van der Waals surface area contributed by atoms with Gasteiger partial charge in [0.15, 0.2) is 0 Å². The molecule has 2 aliphatic heterocycles. The van der Waals surface area contributed by atoms with Crippen molar-refractivity contribution < 1.29 is 9.59 Å². The Bertz CT molecular complexity index is 352. The Morgan fingerprint density at radius 3 is 2.37 bits per heavy atom. The van der Waals surface area contributed by atoms with Crippen molar-refractivity contribution in [3.63, 3.8) is 0 Å². The molecule has 0 aromatic heterocycles. The Hall–Kier alpha value is -0.900. The molecular weight excluding hydrogens is 240 g/mol. The van der Waals surface area contributed by atoms with Gasteiger partial charge in [-0.25, -0.2) is 0 Å². The summed E-state index contributed by atoms with van der Waals surface area (Å²) in [5.74, 6) is 0.802. The minimum atomic E-state index is 0.000963. The van der Waals surface area contributed by atoms with E-state index in [1.807, 2.05) is 0 Å². The summed E-state index contributed by atoms with van der Waals surface area (Å²) in [6.45, 7) is 3.78. The molecule has 1 N–H and O–H groups in total. The molecule has 3 rings (SSSR count). The van der Waals surface area contributed by atoms with Gasteiger partial charge in [0, 0.05) is 12.6 Å². The molecule has 0 spiro atoms. The number of likely N-dealkylation sites (tertiary alicyclic amines) is 1. The van der Waals surface area contributed by atoms with E-state index in [1.165, 1.54) is 12.8 Å². The fourth-order valence-electron chi connectivity index (χ4n) is 4.01. The Morgan fingerprint density at radius 1 is 1.16 bits per heavy atom. The fourth-order valence-corrected chi connectivity index (χ4v) is 4.01. The summed E-state index contributed by atoms with van der Waals surface area (Å²) in [6, 6.07) is 0.322. The summed E-state index contributed by atoms with van der Waals surface area (Å²) in [7, 11) is 0. The molecular formula is C15H24N2O2. The van der Waals surface area contributed by atoms with Gasteiger partial charge in [0.1, 0.15) is 0 Å². The van der Waals surface area contributed by atoms with Crippen LogP contribution in [0.15, 0.2) is 0 Å². The monoisotopic (exact) mass is 264 g/mol. The lowest BCUT2D eigenvalue weighted by molar-refractivity contribution is -0.141. The highest BCUT2D eigenvalue weighted by atomic mass is 16.2. The van der Waals surface area contributed by atoms with Gasteiger partial charge in [-0.15, -0.1) is 0 Å². The maximum Gasteiger partial charge on any atom is 0.233 e. The standard InChI is InChI=1S/C15H24N2O2/c1-2-10-7-12-13(8-10)15(19)17(14(12)18)9-11-5-3-4-6-16-11/h10-13,16H,2-9H2,1H3. The number of imide groups is 1. The lowest BCUT2D eigenvalue weighted by Gasteiger charge is -2.27. The van der Waals surface area contributed by atoms with Crippen molar-refractivity contribution >= 4 is 11.8 Å². The number of fused-ring (bicyclic) bond motifs is 1. The van der Waals surface area contributed by atoms with E-state index in [4.69, 9.17) is 0 Å². The second kappa shape index (κ2) is 5.23. The van der Waals surface area contributed by atoms with Crippen LogP contribution < -0.4 is 5.32 Å². The molecule has 2 heterocycles. The zero-order valence-corrected chi connectivity index (χ0v) is 11.7. The molecule has 19 heavy (non-hydrogen) atoms. The average Bonchev–Trinajstić information content (AvgIpc) is 2.96. The molecule has 3 aliphatic rings. The van der Waals surface area contributed by atoms with Gasteiger partial charge >= 0.3 is 0 Å². The number of piperidine rings is 1. The van der Waals surface area contributed by atoms with Crippen LogP contribution in [-0.4, -0.2) is 35.8 Å². The molecule has 1 aliphatic carbocycles. The van der Waals surface area contributed by atoms with E-state index in [0.29, 0.717) is 18.5 Å². The smallest absolute Gasteiger partial charge is 0.233 e. The summed E-state index contributed by atoms with van der Waals surface area (Å²) in [5.41, 5.74) is 0. The molecule has 3 atom stereocenters. The van der Waals surface area contributed by atoms with Crippen LogP contribution in [0.5, 0.6) is 0 Å². The van der Waals surface area contributed by atoms with Crippen molar-refractivity contribution in [2.75, 3.05) is 13.1 Å². The van der Waals surface area contributed by atoms with E-state index >= 15 is 0 Å². The van der Waals surface area contributed by atoms with Gasteiger partial charge in [0.05, 0.1) is 11.8 Å². The van der Waals surface area contributed by atoms with Crippen molar-refractivity contribution in [1.82, 2.24) is 10.2 Å². The summed E-state index contributed by atoms with van der Waals surface area (Å²) in [5, 5.41) is 3.43. The van der Waals surface area contributed by atoms with Crippen molar-refractivity contribution in [2.24, 2.45) is 17.8 Å². The van der Waals surface area contributed by atoms with E-state index in [2.05, 4.69) is 12.2 Å². The number of rotatable bonds is 3. The third-order valence-electron chi connectivity index (χ3n) is 5.22. The molecule has 106 valence electrons. The SMILES string of the molecule is CCC1CC2C(=O)N(CC3CCCCN3)C(=O)C2C1. The van der Waals surface area contributed by atoms with Crippen molar-refractivity contribution in [3.05, 3.63) is 0 Å². The number of carbonyl (C=O) groups excluding carboxylic acids is 2. The lowest BCUT2D eigenvalue weighted by atomic mass is 10.00. The van der Waals surface area contributed by atoms with Gasteiger partial charge in [-0.2, -0.15) is 0 Å². The topological polar surface area (TPSA) is 49.4 Å². The van der Waals surface area contributed by atoms with Crippen LogP contribution in [-0.2, 0) is 9.59 Å².